The number of halogens is 1. The molecule has 0 atom stereocenters. The Kier molecular flexibility index (Phi) is 4.20. The fourth-order valence-electron chi connectivity index (χ4n) is 2.41. The van der Waals surface area contributed by atoms with Crippen LogP contribution in [0.25, 0.3) is 11.0 Å². The number of imidazole rings is 1. The zero-order chi connectivity index (χ0) is 14.7. The minimum Gasteiger partial charge on any atom is -0.384 e. The van der Waals surface area contributed by atoms with E-state index < -0.39 is 0 Å². The van der Waals surface area contributed by atoms with Crippen LogP contribution in [0.1, 0.15) is 12.2 Å². The Labute approximate surface area is 132 Å². The van der Waals surface area contributed by atoms with Gasteiger partial charge in [-0.1, -0.05) is 12.1 Å². The average molecular weight is 345 g/mol. The molecule has 1 N–H and O–H groups in total. The second-order valence-corrected chi connectivity index (χ2v) is 5.91. The van der Waals surface area contributed by atoms with E-state index in [-0.39, 0.29) is 0 Å². The topological polar surface area (TPSA) is 42.7 Å². The summed E-state index contributed by atoms with van der Waals surface area (Å²) in [4.78, 5) is 8.82. The molecule has 2 aromatic heterocycles. The lowest BCUT2D eigenvalue weighted by molar-refractivity contribution is 0.753. The summed E-state index contributed by atoms with van der Waals surface area (Å²) < 4.78 is 3.17. The third-order valence-electron chi connectivity index (χ3n) is 3.49. The number of para-hydroxylation sites is 2. The zero-order valence-electron chi connectivity index (χ0n) is 11.9. The van der Waals surface area contributed by atoms with E-state index in [0.717, 1.165) is 40.9 Å². The predicted octanol–water partition coefficient (Wildman–Crippen LogP) is 3.78. The smallest absolute Gasteiger partial charge is 0.109 e. The lowest BCUT2D eigenvalue weighted by Crippen LogP contribution is -2.05. The molecule has 0 radical (unpaired) electrons. The fraction of sp³-hybridized carbons (Fsp3) is 0.250. The first-order valence-corrected chi connectivity index (χ1v) is 7.78. The van der Waals surface area contributed by atoms with E-state index >= 15 is 0 Å². The molecule has 0 saturated carbocycles. The number of nitrogens with zero attached hydrogens (tertiary/aromatic N) is 3. The van der Waals surface area contributed by atoms with Gasteiger partial charge in [0.1, 0.15) is 5.82 Å². The van der Waals surface area contributed by atoms with Crippen LogP contribution in [0.5, 0.6) is 0 Å². The first kappa shape index (κ1) is 14.1. The third-order valence-corrected chi connectivity index (χ3v) is 3.92. The molecule has 2 heterocycles. The highest BCUT2D eigenvalue weighted by atomic mass is 79.9. The summed E-state index contributed by atoms with van der Waals surface area (Å²) >= 11 is 3.42. The molecule has 3 aromatic rings. The van der Waals surface area contributed by atoms with Gasteiger partial charge in [-0.2, -0.15) is 0 Å². The van der Waals surface area contributed by atoms with Crippen LogP contribution < -0.4 is 5.32 Å². The Balaban J connectivity index is 1.58. The summed E-state index contributed by atoms with van der Waals surface area (Å²) in [5, 5.41) is 3.38. The largest absolute Gasteiger partial charge is 0.384 e. The predicted molar refractivity (Wildman–Crippen MR) is 89.5 cm³/mol. The summed E-state index contributed by atoms with van der Waals surface area (Å²) in [6.45, 7) is 0.904. The van der Waals surface area contributed by atoms with Crippen LogP contribution in [0.4, 0.5) is 5.69 Å². The van der Waals surface area contributed by atoms with Gasteiger partial charge in [0.05, 0.1) is 22.9 Å². The highest BCUT2D eigenvalue weighted by Gasteiger charge is 2.06. The van der Waals surface area contributed by atoms with Crippen molar-refractivity contribution >= 4 is 32.7 Å². The average Bonchev–Trinajstić information content (AvgIpc) is 2.81. The van der Waals surface area contributed by atoms with E-state index in [1.807, 2.05) is 18.3 Å². The monoisotopic (exact) mass is 344 g/mol. The summed E-state index contributed by atoms with van der Waals surface area (Å²) in [6, 6.07) is 10.3. The summed E-state index contributed by atoms with van der Waals surface area (Å²) in [6.07, 6.45) is 5.60. The van der Waals surface area contributed by atoms with Crippen LogP contribution >= 0.6 is 15.9 Å². The normalized spacial score (nSPS) is 11.0. The van der Waals surface area contributed by atoms with Gasteiger partial charge in [-0.25, -0.2) is 4.98 Å². The van der Waals surface area contributed by atoms with Crippen molar-refractivity contribution in [3.05, 3.63) is 53.0 Å². The maximum atomic E-state index is 4.69. The van der Waals surface area contributed by atoms with Crippen LogP contribution in [0, 0.1) is 0 Å². The number of pyridine rings is 1. The Morgan fingerprint density at radius 1 is 1.24 bits per heavy atom. The van der Waals surface area contributed by atoms with Gasteiger partial charge in [-0.3, -0.25) is 4.98 Å². The van der Waals surface area contributed by atoms with Gasteiger partial charge >= 0.3 is 0 Å². The Hall–Kier alpha value is -1.88. The van der Waals surface area contributed by atoms with Gasteiger partial charge in [-0.05, 0) is 40.5 Å². The van der Waals surface area contributed by atoms with Crippen molar-refractivity contribution in [1.29, 1.82) is 0 Å². The van der Waals surface area contributed by atoms with Crippen molar-refractivity contribution < 1.29 is 0 Å². The molecule has 0 fully saturated rings. The van der Waals surface area contributed by atoms with E-state index in [9.17, 15) is 0 Å². The van der Waals surface area contributed by atoms with Gasteiger partial charge in [0.15, 0.2) is 0 Å². The number of anilines is 1. The molecule has 4 nitrogen and oxygen atoms in total. The maximum absolute atomic E-state index is 4.69. The molecule has 5 heteroatoms. The number of nitrogens with one attached hydrogen (secondary N) is 1. The first-order chi connectivity index (χ1) is 10.2. The maximum Gasteiger partial charge on any atom is 0.109 e. The van der Waals surface area contributed by atoms with Crippen molar-refractivity contribution in [3.8, 4) is 0 Å². The van der Waals surface area contributed by atoms with Crippen molar-refractivity contribution in [3.63, 3.8) is 0 Å². The fourth-order valence-corrected chi connectivity index (χ4v) is 2.77. The minimum absolute atomic E-state index is 0.904. The molecule has 0 saturated heterocycles. The number of rotatable bonds is 5. The molecule has 0 bridgehead atoms. The zero-order valence-corrected chi connectivity index (χ0v) is 13.5. The second kappa shape index (κ2) is 6.26. The molecule has 3 rings (SSSR count). The minimum atomic E-state index is 0.904. The van der Waals surface area contributed by atoms with Crippen LogP contribution in [-0.2, 0) is 13.5 Å². The molecular formula is C16H17BrN4. The van der Waals surface area contributed by atoms with Crippen LogP contribution in [0.15, 0.2) is 47.2 Å². The molecule has 0 spiro atoms. The molecule has 1 aromatic carbocycles. The van der Waals surface area contributed by atoms with Gasteiger partial charge < -0.3 is 9.88 Å². The molecule has 21 heavy (non-hydrogen) atoms. The number of hydrogen-bond donors (Lipinski definition) is 1. The van der Waals surface area contributed by atoms with E-state index in [2.05, 4.69) is 61.0 Å². The lowest BCUT2D eigenvalue weighted by Gasteiger charge is -2.06. The Morgan fingerprint density at radius 2 is 2.10 bits per heavy atom. The van der Waals surface area contributed by atoms with Gasteiger partial charge in [0.25, 0.3) is 0 Å². The van der Waals surface area contributed by atoms with E-state index in [0.29, 0.717) is 0 Å². The number of benzene rings is 1. The second-order valence-electron chi connectivity index (χ2n) is 5.00. The SMILES string of the molecule is Cn1c(CCCNc2cncc(Br)c2)nc2ccccc21. The number of aryl methyl sites for hydroxylation is 2. The van der Waals surface area contributed by atoms with E-state index in [1.54, 1.807) is 6.20 Å². The first-order valence-electron chi connectivity index (χ1n) is 6.99. The summed E-state index contributed by atoms with van der Waals surface area (Å²) in [7, 11) is 2.08. The van der Waals surface area contributed by atoms with Gasteiger partial charge in [-0.15, -0.1) is 0 Å². The lowest BCUT2D eigenvalue weighted by atomic mass is 10.3. The Morgan fingerprint density at radius 3 is 2.90 bits per heavy atom. The standard InChI is InChI=1S/C16H17BrN4/c1-21-15-6-3-2-5-14(15)20-16(21)7-4-8-19-13-9-12(17)10-18-11-13/h2-3,5-6,9-11,19H,4,7-8H2,1H3. The number of fused-ring (bicyclic) bond motifs is 1. The van der Waals surface area contributed by atoms with Gasteiger partial charge in [0.2, 0.25) is 0 Å². The van der Waals surface area contributed by atoms with Crippen molar-refractivity contribution in [2.24, 2.45) is 7.05 Å². The van der Waals surface area contributed by atoms with Crippen LogP contribution in [0.3, 0.4) is 0 Å². The third kappa shape index (κ3) is 3.24. The number of hydrogen-bond acceptors (Lipinski definition) is 3. The molecule has 0 aliphatic carbocycles. The summed E-state index contributed by atoms with van der Waals surface area (Å²) in [5.41, 5.74) is 3.30. The van der Waals surface area contributed by atoms with Crippen molar-refractivity contribution in [1.82, 2.24) is 14.5 Å². The number of aromatic nitrogens is 3. The van der Waals surface area contributed by atoms with Gasteiger partial charge in [0, 0.05) is 30.7 Å². The summed E-state index contributed by atoms with van der Waals surface area (Å²) in [5.74, 6) is 1.13. The highest BCUT2D eigenvalue weighted by Crippen LogP contribution is 2.16. The molecule has 0 aliphatic heterocycles. The molecule has 108 valence electrons. The molecule has 0 aliphatic rings. The molecule has 0 unspecified atom stereocenters. The van der Waals surface area contributed by atoms with Crippen molar-refractivity contribution in [2.45, 2.75) is 12.8 Å². The highest BCUT2D eigenvalue weighted by molar-refractivity contribution is 9.10. The Bertz CT molecular complexity index is 751. The molecular weight excluding hydrogens is 328 g/mol. The quantitative estimate of drug-likeness (QED) is 0.716. The molecule has 0 amide bonds. The van der Waals surface area contributed by atoms with Crippen LogP contribution in [-0.4, -0.2) is 21.1 Å². The van der Waals surface area contributed by atoms with Crippen LogP contribution in [0.2, 0.25) is 0 Å². The van der Waals surface area contributed by atoms with Crippen molar-refractivity contribution in [2.75, 3.05) is 11.9 Å². The van der Waals surface area contributed by atoms with E-state index in [1.165, 1.54) is 5.52 Å². The van der Waals surface area contributed by atoms with E-state index in [4.69, 9.17) is 0 Å².